The molecule has 0 fully saturated rings. The summed E-state index contributed by atoms with van der Waals surface area (Å²) in [6.07, 6.45) is 1.26. The molecule has 0 atom stereocenters. The highest BCUT2D eigenvalue weighted by molar-refractivity contribution is 6.04. The smallest absolute Gasteiger partial charge is 0.332 e. The van der Waals surface area contributed by atoms with Crippen molar-refractivity contribution in [2.75, 3.05) is 6.61 Å². The van der Waals surface area contributed by atoms with Crippen molar-refractivity contribution < 1.29 is 19.1 Å². The fourth-order valence-electron chi connectivity index (χ4n) is 3.48. The molecule has 0 aliphatic rings. The van der Waals surface area contributed by atoms with E-state index in [0.717, 1.165) is 4.57 Å². The van der Waals surface area contributed by atoms with Crippen LogP contribution in [0.1, 0.15) is 39.0 Å². The van der Waals surface area contributed by atoms with E-state index in [4.69, 9.17) is 4.74 Å². The molecule has 0 bridgehead atoms. The minimum atomic E-state index is -0.758. The van der Waals surface area contributed by atoms with Crippen molar-refractivity contribution in [1.29, 1.82) is 0 Å². The highest BCUT2D eigenvalue weighted by atomic mass is 16.5. The third kappa shape index (κ3) is 3.38. The molecule has 0 aliphatic heterocycles. The zero-order chi connectivity index (χ0) is 22.3. The van der Waals surface area contributed by atoms with Crippen LogP contribution in [-0.4, -0.2) is 47.8 Å². The number of fused-ring (bicyclic) bond motifs is 1. The molecule has 30 heavy (non-hydrogen) atoms. The number of aryl methyl sites for hydroxylation is 2. The molecule has 11 nitrogen and oxygen atoms in total. The van der Waals surface area contributed by atoms with Gasteiger partial charge in [-0.3, -0.25) is 28.3 Å². The molecule has 3 heterocycles. The molecule has 11 heteroatoms. The quantitative estimate of drug-likeness (QED) is 0.442. The number of rotatable bonds is 6. The van der Waals surface area contributed by atoms with E-state index in [0.29, 0.717) is 16.8 Å². The highest BCUT2D eigenvalue weighted by Crippen LogP contribution is 2.19. The maximum atomic E-state index is 12.4. The van der Waals surface area contributed by atoms with Crippen LogP contribution in [0.2, 0.25) is 0 Å². The van der Waals surface area contributed by atoms with Crippen molar-refractivity contribution in [3.63, 3.8) is 0 Å². The number of Topliss-reactive ketones (excluding diaryl/α,β-unsaturated/α-hetero) is 2. The molecular weight excluding hydrogens is 394 g/mol. The van der Waals surface area contributed by atoms with E-state index in [2.05, 4.69) is 9.97 Å². The van der Waals surface area contributed by atoms with Crippen molar-refractivity contribution >= 4 is 28.7 Å². The number of nitrogens with zero attached hydrogens (tertiary/aromatic N) is 4. The number of carbonyl (C=O) groups is 3. The minimum absolute atomic E-state index is 0.0739. The Morgan fingerprint density at radius 2 is 1.80 bits per heavy atom. The number of esters is 1. The number of nitrogens with one attached hydrogen (secondary N) is 1. The minimum Gasteiger partial charge on any atom is -0.456 e. The number of ketones is 2. The average molecular weight is 415 g/mol. The molecule has 0 saturated carbocycles. The zero-order valence-electron chi connectivity index (χ0n) is 17.2. The maximum Gasteiger partial charge on any atom is 0.332 e. The van der Waals surface area contributed by atoms with Crippen LogP contribution in [0.25, 0.3) is 11.2 Å². The first-order valence-corrected chi connectivity index (χ1v) is 9.04. The molecule has 0 saturated heterocycles. The van der Waals surface area contributed by atoms with Crippen LogP contribution in [-0.2, 0) is 30.2 Å². The van der Waals surface area contributed by atoms with Crippen molar-refractivity contribution in [3.8, 4) is 0 Å². The number of aromatic amines is 1. The lowest BCUT2D eigenvalue weighted by atomic mass is 10.1. The van der Waals surface area contributed by atoms with Crippen molar-refractivity contribution in [2.45, 2.75) is 27.3 Å². The maximum absolute atomic E-state index is 12.4. The number of H-pyrrole nitrogens is 1. The Kier molecular flexibility index (Phi) is 5.29. The molecule has 3 aromatic rings. The van der Waals surface area contributed by atoms with Gasteiger partial charge >= 0.3 is 11.7 Å². The molecule has 3 rings (SSSR count). The van der Waals surface area contributed by atoms with Gasteiger partial charge in [0.25, 0.3) is 5.56 Å². The fraction of sp³-hybridized carbons (Fsp3) is 0.368. The lowest BCUT2D eigenvalue weighted by Gasteiger charge is -2.07. The van der Waals surface area contributed by atoms with Crippen LogP contribution in [0.5, 0.6) is 0 Å². The molecular formula is C19H21N5O6. The van der Waals surface area contributed by atoms with E-state index < -0.39 is 29.6 Å². The third-order valence-corrected chi connectivity index (χ3v) is 4.95. The topological polar surface area (TPSA) is 138 Å². The second-order valence-corrected chi connectivity index (χ2v) is 7.02. The van der Waals surface area contributed by atoms with Gasteiger partial charge in [0.05, 0.1) is 12.0 Å². The Morgan fingerprint density at radius 1 is 1.13 bits per heavy atom. The molecule has 3 aromatic heterocycles. The normalized spacial score (nSPS) is 11.1. The molecule has 0 amide bonds. The summed E-state index contributed by atoms with van der Waals surface area (Å²) in [7, 11) is 2.79. The SMILES string of the molecule is CC(=O)c1c(C)[nH]c(C(=O)COC(=O)Cn2cnc3c2c(=O)n(C)c(=O)n3C)c1C. The van der Waals surface area contributed by atoms with Gasteiger partial charge in [-0.25, -0.2) is 9.78 Å². The second-order valence-electron chi connectivity index (χ2n) is 7.02. The summed E-state index contributed by atoms with van der Waals surface area (Å²) in [5.74, 6) is -1.41. The third-order valence-electron chi connectivity index (χ3n) is 4.95. The van der Waals surface area contributed by atoms with Gasteiger partial charge < -0.3 is 14.3 Å². The largest absolute Gasteiger partial charge is 0.456 e. The number of imidazole rings is 1. The Hall–Kier alpha value is -3.76. The monoisotopic (exact) mass is 415 g/mol. The fourth-order valence-corrected chi connectivity index (χ4v) is 3.48. The summed E-state index contributed by atoms with van der Waals surface area (Å²) in [6.45, 7) is 3.85. The predicted octanol–water partition coefficient (Wildman–Crippen LogP) is 0.00734. The van der Waals surface area contributed by atoms with E-state index in [-0.39, 0.29) is 29.2 Å². The molecule has 0 spiro atoms. The number of hydrogen-bond acceptors (Lipinski definition) is 7. The Balaban J connectivity index is 1.77. The summed E-state index contributed by atoms with van der Waals surface area (Å²) >= 11 is 0. The van der Waals surface area contributed by atoms with Crippen LogP contribution in [0.4, 0.5) is 0 Å². The van der Waals surface area contributed by atoms with Crippen molar-refractivity contribution in [3.05, 3.63) is 49.7 Å². The lowest BCUT2D eigenvalue weighted by Crippen LogP contribution is -2.37. The predicted molar refractivity (Wildman–Crippen MR) is 106 cm³/mol. The molecule has 0 radical (unpaired) electrons. The van der Waals surface area contributed by atoms with Crippen LogP contribution >= 0.6 is 0 Å². The second kappa shape index (κ2) is 7.58. The van der Waals surface area contributed by atoms with E-state index in [1.807, 2.05) is 0 Å². The van der Waals surface area contributed by atoms with Gasteiger partial charge in [-0.2, -0.15) is 0 Å². The Morgan fingerprint density at radius 3 is 2.40 bits per heavy atom. The first-order valence-electron chi connectivity index (χ1n) is 9.04. The van der Waals surface area contributed by atoms with Gasteiger partial charge in [-0.15, -0.1) is 0 Å². The van der Waals surface area contributed by atoms with Gasteiger partial charge in [-0.05, 0) is 26.3 Å². The number of ether oxygens (including phenoxy) is 1. The summed E-state index contributed by atoms with van der Waals surface area (Å²) in [4.78, 5) is 67.6. The zero-order valence-corrected chi connectivity index (χ0v) is 17.2. The van der Waals surface area contributed by atoms with Crippen LogP contribution in [0, 0.1) is 13.8 Å². The Bertz CT molecular complexity index is 1320. The summed E-state index contributed by atoms with van der Waals surface area (Å²) < 4.78 is 8.43. The van der Waals surface area contributed by atoms with Gasteiger partial charge in [0.15, 0.2) is 23.6 Å². The summed E-state index contributed by atoms with van der Waals surface area (Å²) in [5, 5.41) is 0. The Labute approximate surface area is 169 Å². The lowest BCUT2D eigenvalue weighted by molar-refractivity contribution is -0.143. The standard InChI is InChI=1S/C19H21N5O6/c1-9-14(11(3)25)10(2)21-15(9)12(26)7-30-13(27)6-24-8-20-17-16(24)18(28)23(5)19(29)22(17)4/h8,21H,6-7H2,1-5H3. The number of hydrogen-bond donors (Lipinski definition) is 1. The van der Waals surface area contributed by atoms with Crippen molar-refractivity contribution in [1.82, 2.24) is 23.7 Å². The molecule has 0 aromatic carbocycles. The summed E-state index contributed by atoms with van der Waals surface area (Å²) in [5.41, 5.74) is 0.813. The van der Waals surface area contributed by atoms with Gasteiger partial charge in [0, 0.05) is 25.4 Å². The first kappa shape index (κ1) is 21.0. The van der Waals surface area contributed by atoms with Crippen LogP contribution < -0.4 is 11.2 Å². The van der Waals surface area contributed by atoms with Gasteiger partial charge in [-0.1, -0.05) is 0 Å². The molecule has 0 unspecified atom stereocenters. The van der Waals surface area contributed by atoms with E-state index in [1.54, 1.807) is 13.8 Å². The van der Waals surface area contributed by atoms with Gasteiger partial charge in [0.2, 0.25) is 5.78 Å². The number of aromatic nitrogens is 5. The molecule has 158 valence electrons. The first-order chi connectivity index (χ1) is 14.0. The molecule has 1 N–H and O–H groups in total. The average Bonchev–Trinajstić information content (AvgIpc) is 3.23. The van der Waals surface area contributed by atoms with E-state index >= 15 is 0 Å². The highest BCUT2D eigenvalue weighted by Gasteiger charge is 2.21. The number of carbonyl (C=O) groups excluding carboxylic acids is 3. The van der Waals surface area contributed by atoms with E-state index in [1.165, 1.54) is 36.5 Å². The summed E-state index contributed by atoms with van der Waals surface area (Å²) in [6, 6.07) is 0. The molecule has 0 aliphatic carbocycles. The van der Waals surface area contributed by atoms with Gasteiger partial charge in [0.1, 0.15) is 6.54 Å². The van der Waals surface area contributed by atoms with E-state index in [9.17, 15) is 24.0 Å². The van der Waals surface area contributed by atoms with Crippen LogP contribution in [0.3, 0.4) is 0 Å². The van der Waals surface area contributed by atoms with Crippen molar-refractivity contribution in [2.24, 2.45) is 14.1 Å². The van der Waals surface area contributed by atoms with Crippen LogP contribution in [0.15, 0.2) is 15.9 Å².